The van der Waals surface area contributed by atoms with Gasteiger partial charge in [0, 0.05) is 22.8 Å². The highest BCUT2D eigenvalue weighted by molar-refractivity contribution is 6.31. The molecule has 0 aliphatic carbocycles. The summed E-state index contributed by atoms with van der Waals surface area (Å²) in [4.78, 5) is 4.17. The van der Waals surface area contributed by atoms with Crippen molar-refractivity contribution in [2.45, 2.75) is 20.1 Å². The van der Waals surface area contributed by atoms with E-state index in [-0.39, 0.29) is 0 Å². The minimum absolute atomic E-state index is 0.449. The van der Waals surface area contributed by atoms with Crippen molar-refractivity contribution < 1.29 is 4.74 Å². The van der Waals surface area contributed by atoms with Crippen LogP contribution in [0.1, 0.15) is 16.7 Å². The Labute approximate surface area is 164 Å². The van der Waals surface area contributed by atoms with Crippen molar-refractivity contribution in [1.29, 1.82) is 0 Å². The zero-order valence-electron chi connectivity index (χ0n) is 15.2. The fraction of sp³-hybridized carbons (Fsp3) is 0.136. The first-order valence-corrected chi connectivity index (χ1v) is 9.07. The molecule has 0 saturated heterocycles. The summed E-state index contributed by atoms with van der Waals surface area (Å²) in [6.07, 6.45) is 1.31. The van der Waals surface area contributed by atoms with Gasteiger partial charge in [0.2, 0.25) is 0 Å². The summed E-state index contributed by atoms with van der Waals surface area (Å²) in [5, 5.41) is 4.12. The maximum Gasteiger partial charge on any atom is 0.119 e. The van der Waals surface area contributed by atoms with E-state index in [9.17, 15) is 0 Å². The summed E-state index contributed by atoms with van der Waals surface area (Å²) in [7, 11) is 0. The Morgan fingerprint density at radius 1 is 1.07 bits per heavy atom. The molecule has 0 atom stereocenters. The standard InChI is InChI=1S/C22H22ClN3O/c1-16-6-9-19(12-22(16)26-15-24)25-13-17-7-10-20(11-8-17)27-14-18-4-2-3-5-21(18)23/h2-12,15,25H,13-14H2,1H3,(H2,24,26). The predicted octanol–water partition coefficient (Wildman–Crippen LogP) is 5.46. The van der Waals surface area contributed by atoms with Gasteiger partial charge in [-0.2, -0.15) is 0 Å². The van der Waals surface area contributed by atoms with Gasteiger partial charge in [0.25, 0.3) is 0 Å². The van der Waals surface area contributed by atoms with Gasteiger partial charge in [0.1, 0.15) is 12.4 Å². The van der Waals surface area contributed by atoms with Crippen LogP contribution in [-0.2, 0) is 13.2 Å². The van der Waals surface area contributed by atoms with Crippen molar-refractivity contribution in [1.82, 2.24) is 0 Å². The van der Waals surface area contributed by atoms with Crippen molar-refractivity contribution in [3.05, 3.63) is 88.4 Å². The Morgan fingerprint density at radius 3 is 2.59 bits per heavy atom. The van der Waals surface area contributed by atoms with Gasteiger partial charge in [0.15, 0.2) is 0 Å². The van der Waals surface area contributed by atoms with E-state index in [1.165, 1.54) is 6.34 Å². The second kappa shape index (κ2) is 9.10. The molecule has 0 amide bonds. The average Bonchev–Trinajstić information content (AvgIpc) is 2.69. The van der Waals surface area contributed by atoms with Gasteiger partial charge < -0.3 is 15.8 Å². The highest BCUT2D eigenvalue weighted by atomic mass is 35.5. The lowest BCUT2D eigenvalue weighted by Crippen LogP contribution is -2.00. The number of hydrogen-bond donors (Lipinski definition) is 2. The maximum atomic E-state index is 6.15. The average molecular weight is 380 g/mol. The lowest BCUT2D eigenvalue weighted by Gasteiger charge is -2.10. The van der Waals surface area contributed by atoms with Crippen LogP contribution >= 0.6 is 11.6 Å². The van der Waals surface area contributed by atoms with Crippen molar-refractivity contribution in [3.8, 4) is 5.75 Å². The molecule has 3 aromatic carbocycles. The summed E-state index contributed by atoms with van der Waals surface area (Å²) in [6.45, 7) is 3.16. The smallest absolute Gasteiger partial charge is 0.119 e. The number of anilines is 1. The number of benzene rings is 3. The molecule has 0 aliphatic heterocycles. The number of nitrogens with two attached hydrogens (primary N) is 1. The number of nitrogens with zero attached hydrogens (tertiary/aromatic N) is 1. The third kappa shape index (κ3) is 5.25. The summed E-state index contributed by atoms with van der Waals surface area (Å²) >= 11 is 6.15. The fourth-order valence-electron chi connectivity index (χ4n) is 2.62. The largest absolute Gasteiger partial charge is 0.489 e. The number of aryl methyl sites for hydroxylation is 1. The van der Waals surface area contributed by atoms with E-state index in [0.717, 1.165) is 38.8 Å². The fourth-order valence-corrected chi connectivity index (χ4v) is 2.81. The molecule has 5 heteroatoms. The Bertz CT molecular complexity index is 923. The summed E-state index contributed by atoms with van der Waals surface area (Å²) in [6, 6.07) is 21.8. The van der Waals surface area contributed by atoms with Crippen molar-refractivity contribution in [3.63, 3.8) is 0 Å². The molecule has 0 spiro atoms. The third-order valence-corrected chi connectivity index (χ3v) is 4.56. The second-order valence-corrected chi connectivity index (χ2v) is 6.56. The lowest BCUT2D eigenvalue weighted by molar-refractivity contribution is 0.306. The molecular formula is C22H22ClN3O. The highest BCUT2D eigenvalue weighted by Gasteiger charge is 2.02. The Kier molecular flexibility index (Phi) is 6.34. The van der Waals surface area contributed by atoms with Gasteiger partial charge in [-0.15, -0.1) is 0 Å². The molecule has 138 valence electrons. The van der Waals surface area contributed by atoms with Gasteiger partial charge in [-0.25, -0.2) is 4.99 Å². The highest BCUT2D eigenvalue weighted by Crippen LogP contribution is 2.23. The zero-order valence-corrected chi connectivity index (χ0v) is 15.9. The van der Waals surface area contributed by atoms with Gasteiger partial charge >= 0.3 is 0 Å². The minimum atomic E-state index is 0.449. The number of nitrogens with one attached hydrogen (secondary N) is 1. The molecule has 0 aliphatic rings. The number of hydrogen-bond acceptors (Lipinski definition) is 3. The number of halogens is 1. The molecule has 3 N–H and O–H groups in total. The van der Waals surface area contributed by atoms with Crippen LogP contribution in [0, 0.1) is 6.92 Å². The van der Waals surface area contributed by atoms with Crippen molar-refractivity contribution in [2.24, 2.45) is 10.7 Å². The molecule has 0 fully saturated rings. The minimum Gasteiger partial charge on any atom is -0.489 e. The van der Waals surface area contributed by atoms with Gasteiger partial charge in [0.05, 0.1) is 12.0 Å². The molecule has 3 aromatic rings. The summed E-state index contributed by atoms with van der Waals surface area (Å²) in [5.74, 6) is 0.813. The lowest BCUT2D eigenvalue weighted by atomic mass is 10.1. The molecule has 0 radical (unpaired) electrons. The Hall–Kier alpha value is -2.98. The second-order valence-electron chi connectivity index (χ2n) is 6.16. The molecule has 4 nitrogen and oxygen atoms in total. The number of aliphatic imine (C=N–C) groups is 1. The Morgan fingerprint density at radius 2 is 1.85 bits per heavy atom. The SMILES string of the molecule is Cc1ccc(NCc2ccc(OCc3ccccc3Cl)cc2)cc1/N=C\N. The van der Waals surface area contributed by atoms with Crippen LogP contribution < -0.4 is 15.8 Å². The first-order valence-electron chi connectivity index (χ1n) is 8.69. The van der Waals surface area contributed by atoms with E-state index in [2.05, 4.69) is 10.3 Å². The summed E-state index contributed by atoms with van der Waals surface area (Å²) in [5.41, 5.74) is 10.5. The van der Waals surface area contributed by atoms with Gasteiger partial charge in [-0.1, -0.05) is 48.0 Å². The van der Waals surface area contributed by atoms with E-state index in [4.69, 9.17) is 22.1 Å². The van der Waals surface area contributed by atoms with E-state index in [1.54, 1.807) is 0 Å². The van der Waals surface area contributed by atoms with Crippen LogP contribution in [0.25, 0.3) is 0 Å². The van der Waals surface area contributed by atoms with Crippen molar-refractivity contribution in [2.75, 3.05) is 5.32 Å². The number of rotatable bonds is 7. The van der Waals surface area contributed by atoms with E-state index < -0.39 is 0 Å². The van der Waals surface area contributed by atoms with Crippen molar-refractivity contribution >= 4 is 29.3 Å². The molecule has 3 rings (SSSR count). The molecule has 0 aromatic heterocycles. The quantitative estimate of drug-likeness (QED) is 0.423. The zero-order chi connectivity index (χ0) is 19.1. The topological polar surface area (TPSA) is 59.6 Å². The van der Waals surface area contributed by atoms with Crippen LogP contribution in [-0.4, -0.2) is 6.34 Å². The van der Waals surface area contributed by atoms with Crippen LogP contribution in [0.3, 0.4) is 0 Å². The Balaban J connectivity index is 1.56. The van der Waals surface area contributed by atoms with Gasteiger partial charge in [-0.05, 0) is 48.4 Å². The monoisotopic (exact) mass is 379 g/mol. The van der Waals surface area contributed by atoms with Crippen LogP contribution in [0.2, 0.25) is 5.02 Å². The van der Waals surface area contributed by atoms with Crippen LogP contribution in [0.4, 0.5) is 11.4 Å². The van der Waals surface area contributed by atoms with E-state index in [1.807, 2.05) is 73.7 Å². The molecule has 0 saturated carbocycles. The first kappa shape index (κ1) is 18.8. The molecule has 27 heavy (non-hydrogen) atoms. The van der Waals surface area contributed by atoms with Gasteiger partial charge in [-0.3, -0.25) is 0 Å². The predicted molar refractivity (Wildman–Crippen MR) is 113 cm³/mol. The number of ether oxygens (including phenoxy) is 1. The maximum absolute atomic E-state index is 6.15. The molecular weight excluding hydrogens is 358 g/mol. The van der Waals surface area contributed by atoms with Crippen LogP contribution in [0.15, 0.2) is 71.7 Å². The van der Waals surface area contributed by atoms with E-state index >= 15 is 0 Å². The molecule has 0 heterocycles. The molecule has 0 bridgehead atoms. The third-order valence-electron chi connectivity index (χ3n) is 4.19. The summed E-state index contributed by atoms with van der Waals surface area (Å²) < 4.78 is 5.81. The van der Waals surface area contributed by atoms with E-state index in [0.29, 0.717) is 13.2 Å². The van der Waals surface area contributed by atoms with Crippen LogP contribution in [0.5, 0.6) is 5.75 Å². The normalized spacial score (nSPS) is 10.9. The molecule has 0 unspecified atom stereocenters. The first-order chi connectivity index (χ1) is 13.2.